The third kappa shape index (κ3) is 1.79. The summed E-state index contributed by atoms with van der Waals surface area (Å²) in [6.45, 7) is 1.70. The van der Waals surface area contributed by atoms with Crippen LogP contribution < -0.4 is 5.32 Å². The lowest BCUT2D eigenvalue weighted by Crippen LogP contribution is -2.42. The lowest BCUT2D eigenvalue weighted by Gasteiger charge is -2.20. The van der Waals surface area contributed by atoms with E-state index in [0.29, 0.717) is 12.1 Å². The van der Waals surface area contributed by atoms with E-state index in [-0.39, 0.29) is 6.10 Å². The molecule has 1 saturated heterocycles. The summed E-state index contributed by atoms with van der Waals surface area (Å²) in [5, 5.41) is 13.0. The number of nitrogens with one attached hydrogen (secondary N) is 1. The first-order chi connectivity index (χ1) is 5.86. The van der Waals surface area contributed by atoms with Gasteiger partial charge in [0.05, 0.1) is 12.7 Å². The van der Waals surface area contributed by atoms with Gasteiger partial charge in [-0.3, -0.25) is 0 Å². The standard InChI is InChI=1S/C9H17NO2/c11-9-3-1-2-8(9)10-7-4-5-12-6-7/h7-11H,1-6H2. The number of aliphatic hydroxyl groups excluding tert-OH is 1. The van der Waals surface area contributed by atoms with E-state index in [2.05, 4.69) is 5.32 Å². The molecule has 2 aliphatic rings. The highest BCUT2D eigenvalue weighted by molar-refractivity contribution is 4.86. The van der Waals surface area contributed by atoms with Crippen molar-refractivity contribution in [1.82, 2.24) is 5.32 Å². The van der Waals surface area contributed by atoms with Gasteiger partial charge in [-0.15, -0.1) is 0 Å². The van der Waals surface area contributed by atoms with Crippen molar-refractivity contribution in [3.05, 3.63) is 0 Å². The molecule has 0 spiro atoms. The second-order valence-electron chi connectivity index (χ2n) is 3.83. The lowest BCUT2D eigenvalue weighted by atomic mass is 10.1. The van der Waals surface area contributed by atoms with Gasteiger partial charge in [0.15, 0.2) is 0 Å². The Morgan fingerprint density at radius 3 is 2.75 bits per heavy atom. The van der Waals surface area contributed by atoms with Crippen LogP contribution in [0.15, 0.2) is 0 Å². The van der Waals surface area contributed by atoms with Crippen LogP contribution in [0.3, 0.4) is 0 Å². The zero-order chi connectivity index (χ0) is 8.39. The lowest BCUT2D eigenvalue weighted by molar-refractivity contribution is 0.137. The Kier molecular flexibility index (Phi) is 2.63. The number of hydrogen-bond donors (Lipinski definition) is 2. The Labute approximate surface area is 73.1 Å². The van der Waals surface area contributed by atoms with Crippen molar-refractivity contribution in [3.8, 4) is 0 Å². The molecule has 70 valence electrons. The minimum Gasteiger partial charge on any atom is -0.392 e. The Morgan fingerprint density at radius 2 is 2.17 bits per heavy atom. The van der Waals surface area contributed by atoms with Crippen molar-refractivity contribution in [3.63, 3.8) is 0 Å². The first-order valence-corrected chi connectivity index (χ1v) is 4.88. The monoisotopic (exact) mass is 171 g/mol. The Bertz CT molecular complexity index is 145. The summed E-state index contributed by atoms with van der Waals surface area (Å²) in [5.74, 6) is 0. The van der Waals surface area contributed by atoms with Gasteiger partial charge in [-0.25, -0.2) is 0 Å². The molecule has 12 heavy (non-hydrogen) atoms. The average molecular weight is 171 g/mol. The van der Waals surface area contributed by atoms with E-state index in [0.717, 1.165) is 38.9 Å². The third-order valence-corrected chi connectivity index (χ3v) is 2.86. The molecule has 1 aliphatic heterocycles. The van der Waals surface area contributed by atoms with Gasteiger partial charge < -0.3 is 15.2 Å². The maximum absolute atomic E-state index is 9.55. The van der Waals surface area contributed by atoms with Crippen LogP contribution in [0.4, 0.5) is 0 Å². The largest absolute Gasteiger partial charge is 0.392 e. The van der Waals surface area contributed by atoms with Gasteiger partial charge in [0, 0.05) is 18.7 Å². The summed E-state index contributed by atoms with van der Waals surface area (Å²) >= 11 is 0. The second-order valence-corrected chi connectivity index (χ2v) is 3.83. The summed E-state index contributed by atoms with van der Waals surface area (Å²) in [5.41, 5.74) is 0. The van der Waals surface area contributed by atoms with E-state index in [9.17, 15) is 5.11 Å². The fraction of sp³-hybridized carbons (Fsp3) is 1.00. The molecule has 0 aromatic heterocycles. The molecular formula is C9H17NO2. The number of aliphatic hydroxyl groups is 1. The summed E-state index contributed by atoms with van der Waals surface area (Å²) in [7, 11) is 0. The number of hydrogen-bond acceptors (Lipinski definition) is 3. The third-order valence-electron chi connectivity index (χ3n) is 2.86. The highest BCUT2D eigenvalue weighted by atomic mass is 16.5. The first-order valence-electron chi connectivity index (χ1n) is 4.88. The molecule has 2 fully saturated rings. The normalized spacial score (nSPS) is 42.2. The van der Waals surface area contributed by atoms with E-state index >= 15 is 0 Å². The van der Waals surface area contributed by atoms with Gasteiger partial charge in [0.1, 0.15) is 0 Å². The minimum absolute atomic E-state index is 0.120. The van der Waals surface area contributed by atoms with Crippen LogP contribution >= 0.6 is 0 Å². The van der Waals surface area contributed by atoms with Crippen molar-refractivity contribution >= 4 is 0 Å². The van der Waals surface area contributed by atoms with Crippen LogP contribution in [0, 0.1) is 0 Å². The molecule has 0 amide bonds. The summed E-state index contributed by atoms with van der Waals surface area (Å²) < 4.78 is 5.26. The molecule has 1 aliphatic carbocycles. The molecule has 3 heteroatoms. The van der Waals surface area contributed by atoms with Crippen molar-refractivity contribution in [1.29, 1.82) is 0 Å². The van der Waals surface area contributed by atoms with E-state index in [1.54, 1.807) is 0 Å². The van der Waals surface area contributed by atoms with E-state index in [1.165, 1.54) is 0 Å². The van der Waals surface area contributed by atoms with Gasteiger partial charge in [-0.05, 0) is 25.7 Å². The molecule has 0 bridgehead atoms. The van der Waals surface area contributed by atoms with Gasteiger partial charge in [-0.2, -0.15) is 0 Å². The predicted molar refractivity (Wildman–Crippen MR) is 46.0 cm³/mol. The highest BCUT2D eigenvalue weighted by Crippen LogP contribution is 2.20. The SMILES string of the molecule is OC1CCCC1NC1CCOC1. The maximum atomic E-state index is 9.55. The Hall–Kier alpha value is -0.120. The zero-order valence-corrected chi connectivity index (χ0v) is 7.33. The van der Waals surface area contributed by atoms with Crippen molar-refractivity contribution in [2.24, 2.45) is 0 Å². The van der Waals surface area contributed by atoms with Gasteiger partial charge in [0.25, 0.3) is 0 Å². The van der Waals surface area contributed by atoms with E-state index in [4.69, 9.17) is 4.74 Å². The van der Waals surface area contributed by atoms with Crippen molar-refractivity contribution in [2.45, 2.75) is 43.9 Å². The molecule has 1 heterocycles. The molecule has 0 radical (unpaired) electrons. The molecule has 2 rings (SSSR count). The van der Waals surface area contributed by atoms with Crippen LogP contribution in [-0.4, -0.2) is 36.5 Å². The maximum Gasteiger partial charge on any atom is 0.0693 e. The van der Waals surface area contributed by atoms with Crippen LogP contribution in [0.25, 0.3) is 0 Å². The fourth-order valence-corrected chi connectivity index (χ4v) is 2.10. The quantitative estimate of drug-likeness (QED) is 0.627. The Morgan fingerprint density at radius 1 is 1.25 bits per heavy atom. The molecule has 1 saturated carbocycles. The molecule has 3 nitrogen and oxygen atoms in total. The van der Waals surface area contributed by atoms with Crippen LogP contribution in [-0.2, 0) is 4.74 Å². The molecule has 3 unspecified atom stereocenters. The van der Waals surface area contributed by atoms with Crippen molar-refractivity contribution in [2.75, 3.05) is 13.2 Å². The van der Waals surface area contributed by atoms with Crippen LogP contribution in [0.2, 0.25) is 0 Å². The average Bonchev–Trinajstić information content (AvgIpc) is 2.65. The van der Waals surface area contributed by atoms with Crippen LogP contribution in [0.5, 0.6) is 0 Å². The van der Waals surface area contributed by atoms with E-state index in [1.807, 2.05) is 0 Å². The molecule has 0 aromatic carbocycles. The molecule has 0 aromatic rings. The minimum atomic E-state index is -0.120. The number of rotatable bonds is 2. The summed E-state index contributed by atoms with van der Waals surface area (Å²) in [6, 6.07) is 0.819. The highest BCUT2D eigenvalue weighted by Gasteiger charge is 2.28. The summed E-state index contributed by atoms with van der Waals surface area (Å²) in [6.07, 6.45) is 4.23. The van der Waals surface area contributed by atoms with Crippen LogP contribution in [0.1, 0.15) is 25.7 Å². The van der Waals surface area contributed by atoms with Crippen molar-refractivity contribution < 1.29 is 9.84 Å². The molecule has 2 N–H and O–H groups in total. The predicted octanol–water partition coefficient (Wildman–Crippen LogP) is 0.278. The summed E-state index contributed by atoms with van der Waals surface area (Å²) in [4.78, 5) is 0. The molecule has 3 atom stereocenters. The topological polar surface area (TPSA) is 41.5 Å². The van der Waals surface area contributed by atoms with E-state index < -0.39 is 0 Å². The fourth-order valence-electron chi connectivity index (χ4n) is 2.10. The second kappa shape index (κ2) is 3.73. The van der Waals surface area contributed by atoms with Gasteiger partial charge >= 0.3 is 0 Å². The number of ether oxygens (including phenoxy) is 1. The smallest absolute Gasteiger partial charge is 0.0693 e. The van der Waals surface area contributed by atoms with Gasteiger partial charge in [0.2, 0.25) is 0 Å². The first kappa shape index (κ1) is 8.48. The van der Waals surface area contributed by atoms with Gasteiger partial charge in [-0.1, -0.05) is 0 Å². The zero-order valence-electron chi connectivity index (χ0n) is 7.33. The Balaban J connectivity index is 1.77. The molecular weight excluding hydrogens is 154 g/mol.